The molecule has 0 saturated heterocycles. The van der Waals surface area contributed by atoms with Crippen molar-refractivity contribution in [2.24, 2.45) is 5.92 Å². The maximum Gasteiger partial charge on any atom is 0.0271 e. The van der Waals surface area contributed by atoms with Crippen LogP contribution in [0.2, 0.25) is 0 Å². The molecule has 2 nitrogen and oxygen atoms in total. The molecule has 0 amide bonds. The van der Waals surface area contributed by atoms with Gasteiger partial charge in [0.2, 0.25) is 0 Å². The van der Waals surface area contributed by atoms with Crippen molar-refractivity contribution in [3.8, 4) is 0 Å². The van der Waals surface area contributed by atoms with Crippen LogP contribution < -0.4 is 0 Å². The molecule has 0 aliphatic heterocycles. The number of aromatic nitrogens is 1. The number of hydrogen-bond donors (Lipinski definition) is 0. The van der Waals surface area contributed by atoms with Gasteiger partial charge in [-0.2, -0.15) is 0 Å². The van der Waals surface area contributed by atoms with Gasteiger partial charge in [-0.3, -0.25) is 9.88 Å². The monoisotopic (exact) mass is 226 g/mol. The van der Waals surface area contributed by atoms with Gasteiger partial charge in [0.05, 0.1) is 0 Å². The molecule has 1 heterocycles. The van der Waals surface area contributed by atoms with Gasteiger partial charge in [-0.15, -0.1) is 11.6 Å². The van der Waals surface area contributed by atoms with Crippen LogP contribution in [-0.2, 0) is 6.54 Å². The molecule has 1 unspecified atom stereocenters. The summed E-state index contributed by atoms with van der Waals surface area (Å²) in [5, 5.41) is 0. The SMILES string of the molecule is CCN(Cc1ccncc1)CC(C)CCl. The zero-order chi connectivity index (χ0) is 11.1. The van der Waals surface area contributed by atoms with Gasteiger partial charge in [0.1, 0.15) is 0 Å². The molecule has 0 aromatic carbocycles. The van der Waals surface area contributed by atoms with E-state index in [-0.39, 0.29) is 0 Å². The lowest BCUT2D eigenvalue weighted by molar-refractivity contribution is 0.249. The Kier molecular flexibility index (Phi) is 5.66. The predicted octanol–water partition coefficient (Wildman–Crippen LogP) is 2.78. The second kappa shape index (κ2) is 6.81. The molecule has 84 valence electrons. The van der Waals surface area contributed by atoms with E-state index in [1.807, 2.05) is 12.4 Å². The molecule has 0 bridgehead atoms. The standard InChI is InChI=1S/C12H19ClN2/c1-3-15(9-11(2)8-13)10-12-4-6-14-7-5-12/h4-7,11H,3,8-10H2,1-2H3. The van der Waals surface area contributed by atoms with E-state index >= 15 is 0 Å². The van der Waals surface area contributed by atoms with Crippen LogP contribution in [0.1, 0.15) is 19.4 Å². The molecule has 1 rings (SSSR count). The summed E-state index contributed by atoms with van der Waals surface area (Å²) in [6, 6.07) is 4.13. The summed E-state index contributed by atoms with van der Waals surface area (Å²) >= 11 is 5.82. The fraction of sp³-hybridized carbons (Fsp3) is 0.583. The molecule has 1 atom stereocenters. The zero-order valence-electron chi connectivity index (χ0n) is 9.49. The van der Waals surface area contributed by atoms with Crippen molar-refractivity contribution in [1.29, 1.82) is 0 Å². The summed E-state index contributed by atoms with van der Waals surface area (Å²) < 4.78 is 0. The summed E-state index contributed by atoms with van der Waals surface area (Å²) in [4.78, 5) is 6.42. The van der Waals surface area contributed by atoms with Crippen LogP contribution in [0.25, 0.3) is 0 Å². The fourth-order valence-electron chi connectivity index (χ4n) is 1.54. The van der Waals surface area contributed by atoms with E-state index < -0.39 is 0 Å². The quantitative estimate of drug-likeness (QED) is 0.694. The summed E-state index contributed by atoms with van der Waals surface area (Å²) in [6.45, 7) is 7.47. The van der Waals surface area contributed by atoms with Crippen molar-refractivity contribution < 1.29 is 0 Å². The summed E-state index contributed by atoms with van der Waals surface area (Å²) in [7, 11) is 0. The minimum Gasteiger partial charge on any atom is -0.299 e. The number of alkyl halides is 1. The predicted molar refractivity (Wildman–Crippen MR) is 65.1 cm³/mol. The first-order chi connectivity index (χ1) is 7.26. The van der Waals surface area contributed by atoms with Crippen molar-refractivity contribution in [2.45, 2.75) is 20.4 Å². The van der Waals surface area contributed by atoms with Crippen molar-refractivity contribution in [1.82, 2.24) is 9.88 Å². The zero-order valence-corrected chi connectivity index (χ0v) is 10.2. The molecule has 0 N–H and O–H groups in total. The topological polar surface area (TPSA) is 16.1 Å². The van der Waals surface area contributed by atoms with Crippen molar-refractivity contribution >= 4 is 11.6 Å². The fourth-order valence-corrected chi connectivity index (χ4v) is 1.64. The first kappa shape index (κ1) is 12.5. The molecule has 0 aliphatic rings. The van der Waals surface area contributed by atoms with Crippen LogP contribution in [0.5, 0.6) is 0 Å². The number of hydrogen-bond acceptors (Lipinski definition) is 2. The maximum absolute atomic E-state index is 5.82. The lowest BCUT2D eigenvalue weighted by Crippen LogP contribution is -2.28. The van der Waals surface area contributed by atoms with Gasteiger partial charge in [0, 0.05) is 31.4 Å². The molecule has 0 radical (unpaired) electrons. The van der Waals surface area contributed by atoms with Gasteiger partial charge in [0.25, 0.3) is 0 Å². The van der Waals surface area contributed by atoms with E-state index in [9.17, 15) is 0 Å². The van der Waals surface area contributed by atoms with Crippen LogP contribution in [0, 0.1) is 5.92 Å². The highest BCUT2D eigenvalue weighted by Crippen LogP contribution is 2.07. The Morgan fingerprint density at radius 2 is 2.07 bits per heavy atom. The van der Waals surface area contributed by atoms with Gasteiger partial charge in [-0.1, -0.05) is 13.8 Å². The Hall–Kier alpha value is -0.600. The molecule has 1 aromatic rings. The summed E-state index contributed by atoms with van der Waals surface area (Å²) in [5.41, 5.74) is 1.31. The van der Waals surface area contributed by atoms with Crippen LogP contribution in [0.3, 0.4) is 0 Å². The Bertz CT molecular complexity index is 264. The largest absolute Gasteiger partial charge is 0.299 e. The average Bonchev–Trinajstić information content (AvgIpc) is 2.29. The number of nitrogens with zero attached hydrogens (tertiary/aromatic N) is 2. The Balaban J connectivity index is 2.47. The minimum absolute atomic E-state index is 0.549. The van der Waals surface area contributed by atoms with Crippen molar-refractivity contribution in [3.05, 3.63) is 30.1 Å². The van der Waals surface area contributed by atoms with Gasteiger partial charge < -0.3 is 0 Å². The normalized spacial score (nSPS) is 13.1. The number of pyridine rings is 1. The molecule has 3 heteroatoms. The minimum atomic E-state index is 0.549. The Morgan fingerprint density at radius 1 is 1.40 bits per heavy atom. The van der Waals surface area contributed by atoms with E-state index in [0.717, 1.165) is 25.5 Å². The second-order valence-electron chi connectivity index (χ2n) is 3.94. The first-order valence-electron chi connectivity index (χ1n) is 5.43. The molecule has 0 aliphatic carbocycles. The first-order valence-corrected chi connectivity index (χ1v) is 5.97. The molecule has 15 heavy (non-hydrogen) atoms. The van der Waals surface area contributed by atoms with Gasteiger partial charge in [0.15, 0.2) is 0 Å². The third kappa shape index (κ3) is 4.63. The highest BCUT2D eigenvalue weighted by molar-refractivity contribution is 6.18. The summed E-state index contributed by atoms with van der Waals surface area (Å²) in [6.07, 6.45) is 3.68. The lowest BCUT2D eigenvalue weighted by atomic mass is 10.2. The van der Waals surface area contributed by atoms with E-state index in [0.29, 0.717) is 5.92 Å². The van der Waals surface area contributed by atoms with Crippen LogP contribution in [-0.4, -0.2) is 28.9 Å². The number of halogens is 1. The third-order valence-electron chi connectivity index (χ3n) is 2.44. The highest BCUT2D eigenvalue weighted by atomic mass is 35.5. The van der Waals surface area contributed by atoms with E-state index in [1.54, 1.807) is 0 Å². The summed E-state index contributed by atoms with van der Waals surface area (Å²) in [5.74, 6) is 1.28. The van der Waals surface area contributed by atoms with Crippen LogP contribution >= 0.6 is 11.6 Å². The Morgan fingerprint density at radius 3 is 2.60 bits per heavy atom. The molecule has 0 spiro atoms. The molecule has 0 saturated carbocycles. The maximum atomic E-state index is 5.82. The Labute approximate surface area is 97.3 Å². The van der Waals surface area contributed by atoms with Crippen LogP contribution in [0.4, 0.5) is 0 Å². The van der Waals surface area contributed by atoms with Crippen molar-refractivity contribution in [3.63, 3.8) is 0 Å². The van der Waals surface area contributed by atoms with Crippen molar-refractivity contribution in [2.75, 3.05) is 19.0 Å². The smallest absolute Gasteiger partial charge is 0.0271 e. The second-order valence-corrected chi connectivity index (χ2v) is 4.25. The van der Waals surface area contributed by atoms with Crippen LogP contribution in [0.15, 0.2) is 24.5 Å². The third-order valence-corrected chi connectivity index (χ3v) is 2.96. The average molecular weight is 227 g/mol. The van der Waals surface area contributed by atoms with Gasteiger partial charge >= 0.3 is 0 Å². The lowest BCUT2D eigenvalue weighted by Gasteiger charge is -2.23. The molecular weight excluding hydrogens is 208 g/mol. The van der Waals surface area contributed by atoms with E-state index in [2.05, 4.69) is 35.9 Å². The van der Waals surface area contributed by atoms with E-state index in [1.165, 1.54) is 5.56 Å². The molecule has 0 fully saturated rings. The van der Waals surface area contributed by atoms with Gasteiger partial charge in [-0.25, -0.2) is 0 Å². The molecule has 1 aromatic heterocycles. The van der Waals surface area contributed by atoms with E-state index in [4.69, 9.17) is 11.6 Å². The molecular formula is C12H19ClN2. The number of rotatable bonds is 6. The van der Waals surface area contributed by atoms with Gasteiger partial charge in [-0.05, 0) is 30.2 Å². The highest BCUT2D eigenvalue weighted by Gasteiger charge is 2.08.